The summed E-state index contributed by atoms with van der Waals surface area (Å²) in [4.78, 5) is 31.1. The molecule has 2 N–H and O–H groups in total. The fourth-order valence-corrected chi connectivity index (χ4v) is 3.17. The van der Waals surface area contributed by atoms with E-state index in [-0.39, 0.29) is 24.1 Å². The Kier molecular flexibility index (Phi) is 5.57. The number of amides is 1. The molecule has 0 bridgehead atoms. The van der Waals surface area contributed by atoms with E-state index in [1.165, 1.54) is 18.9 Å². The van der Waals surface area contributed by atoms with E-state index in [4.69, 9.17) is 0 Å². The first-order valence-electron chi connectivity index (χ1n) is 8.00. The highest BCUT2D eigenvalue weighted by Crippen LogP contribution is 2.27. The monoisotopic (exact) mass is 373 g/mol. The number of thioether (sulfide) groups is 1. The predicted molar refractivity (Wildman–Crippen MR) is 101 cm³/mol. The second-order valence-corrected chi connectivity index (χ2v) is 6.67. The molecule has 3 aromatic rings. The average molecular weight is 373 g/mol. The van der Waals surface area contributed by atoms with Gasteiger partial charge in [-0.2, -0.15) is 5.10 Å². The quantitative estimate of drug-likeness (QED) is 0.486. The molecule has 3 rings (SSSR count). The van der Waals surface area contributed by atoms with Crippen molar-refractivity contribution in [2.75, 3.05) is 23.9 Å². The number of hydrogen-bond donors (Lipinski definition) is 2. The van der Waals surface area contributed by atoms with E-state index < -0.39 is 0 Å². The number of hydrogen-bond acceptors (Lipinski definition) is 6. The second kappa shape index (κ2) is 8.05. The molecule has 2 heterocycles. The summed E-state index contributed by atoms with van der Waals surface area (Å²) in [6, 6.07) is 7.72. The predicted octanol–water partition coefficient (Wildman–Crippen LogP) is 2.20. The van der Waals surface area contributed by atoms with Gasteiger partial charge in [-0.3, -0.25) is 14.3 Å². The number of aromatic amines is 1. The molecule has 0 aliphatic rings. The number of aryl methyl sites for hydroxylation is 1. The highest BCUT2D eigenvalue weighted by atomic mass is 32.2. The number of carbonyl (C=O) groups excluding carboxylic acids is 2. The van der Waals surface area contributed by atoms with Gasteiger partial charge in [0.1, 0.15) is 11.6 Å². The number of H-pyrrole nitrogens is 1. The number of imidazole rings is 1. The number of esters is 1. The van der Waals surface area contributed by atoms with Crippen LogP contribution in [0.4, 0.5) is 5.82 Å². The van der Waals surface area contributed by atoms with Gasteiger partial charge in [-0.25, -0.2) is 4.98 Å². The smallest absolute Gasteiger partial charge is 0.315 e. The summed E-state index contributed by atoms with van der Waals surface area (Å²) in [5.41, 5.74) is 2.49. The molecule has 0 saturated carbocycles. The lowest BCUT2D eigenvalue weighted by atomic mass is 10.3. The number of nitrogens with zero attached hydrogens (tertiary/aromatic N) is 3. The molecule has 9 heteroatoms. The van der Waals surface area contributed by atoms with Crippen LogP contribution < -0.4 is 5.32 Å². The number of fused-ring (bicyclic) bond motifs is 1. The fourth-order valence-electron chi connectivity index (χ4n) is 2.41. The van der Waals surface area contributed by atoms with Gasteiger partial charge in [-0.1, -0.05) is 12.1 Å². The van der Waals surface area contributed by atoms with Gasteiger partial charge in [0.05, 0.1) is 35.7 Å². The molecular formula is C17H19N5O3S. The molecule has 0 spiro atoms. The van der Waals surface area contributed by atoms with E-state index in [1.807, 2.05) is 24.3 Å². The maximum absolute atomic E-state index is 12.2. The molecule has 2 aromatic heterocycles. The van der Waals surface area contributed by atoms with Gasteiger partial charge >= 0.3 is 5.97 Å². The van der Waals surface area contributed by atoms with Crippen molar-refractivity contribution in [3.63, 3.8) is 0 Å². The Hall–Kier alpha value is -2.81. The van der Waals surface area contributed by atoms with Crippen LogP contribution in [0.5, 0.6) is 0 Å². The summed E-state index contributed by atoms with van der Waals surface area (Å²) < 4.78 is 6.16. The fraction of sp³-hybridized carbons (Fsp3) is 0.294. The number of ether oxygens (including phenoxy) is 1. The zero-order valence-electron chi connectivity index (χ0n) is 14.5. The molecule has 1 aromatic carbocycles. The molecule has 0 atom stereocenters. The largest absolute Gasteiger partial charge is 0.468 e. The van der Waals surface area contributed by atoms with Gasteiger partial charge in [0, 0.05) is 19.2 Å². The van der Waals surface area contributed by atoms with E-state index in [1.54, 1.807) is 17.9 Å². The molecule has 0 fully saturated rings. The van der Waals surface area contributed by atoms with Crippen LogP contribution >= 0.6 is 11.8 Å². The minimum atomic E-state index is -0.297. The van der Waals surface area contributed by atoms with Gasteiger partial charge in [-0.05, 0) is 12.1 Å². The van der Waals surface area contributed by atoms with Crippen LogP contribution in [-0.2, 0) is 21.4 Å². The van der Waals surface area contributed by atoms with Gasteiger partial charge < -0.3 is 15.0 Å². The summed E-state index contributed by atoms with van der Waals surface area (Å²) in [5, 5.41) is 7.10. The topological polar surface area (TPSA) is 102 Å². The minimum Gasteiger partial charge on any atom is -0.468 e. The van der Waals surface area contributed by atoms with E-state index >= 15 is 0 Å². The van der Waals surface area contributed by atoms with Crippen molar-refractivity contribution in [1.29, 1.82) is 0 Å². The number of para-hydroxylation sites is 2. The van der Waals surface area contributed by atoms with Crippen molar-refractivity contribution in [1.82, 2.24) is 19.7 Å². The maximum atomic E-state index is 12.2. The standard InChI is InChI=1S/C17H19N5O3S/c1-22-17(21-14(23)7-8-26-10-15(24)25-2)11(9-18-22)16-19-12-5-3-4-6-13(12)20-16/h3-6,9H,7-8,10H2,1-2H3,(H,19,20)(H,21,23). The molecule has 26 heavy (non-hydrogen) atoms. The normalized spacial score (nSPS) is 10.8. The number of aromatic nitrogens is 4. The van der Waals surface area contributed by atoms with Crippen molar-refractivity contribution >= 4 is 40.5 Å². The highest BCUT2D eigenvalue weighted by Gasteiger charge is 2.16. The Labute approximate surface area is 154 Å². The summed E-state index contributed by atoms with van der Waals surface area (Å²) >= 11 is 1.36. The average Bonchev–Trinajstić information content (AvgIpc) is 3.22. The van der Waals surface area contributed by atoms with Gasteiger partial charge in [0.25, 0.3) is 0 Å². The first-order chi connectivity index (χ1) is 12.6. The van der Waals surface area contributed by atoms with Crippen molar-refractivity contribution in [3.05, 3.63) is 30.5 Å². The third-order valence-corrected chi connectivity index (χ3v) is 4.69. The number of methoxy groups -OCH3 is 1. The van der Waals surface area contributed by atoms with Crippen molar-refractivity contribution in [2.45, 2.75) is 6.42 Å². The molecule has 8 nitrogen and oxygen atoms in total. The number of benzene rings is 1. The zero-order chi connectivity index (χ0) is 18.5. The third-order valence-electron chi connectivity index (χ3n) is 3.76. The first-order valence-corrected chi connectivity index (χ1v) is 9.15. The Bertz CT molecular complexity index is 901. The number of rotatable bonds is 7. The number of carbonyl (C=O) groups is 2. The third kappa shape index (κ3) is 4.05. The molecule has 0 aliphatic heterocycles. The molecule has 0 saturated heterocycles. The van der Waals surface area contributed by atoms with Crippen LogP contribution in [0.2, 0.25) is 0 Å². The summed E-state index contributed by atoms with van der Waals surface area (Å²) in [6.07, 6.45) is 1.95. The van der Waals surface area contributed by atoms with Crippen molar-refractivity contribution in [3.8, 4) is 11.4 Å². The van der Waals surface area contributed by atoms with E-state index in [2.05, 4.69) is 25.1 Å². The van der Waals surface area contributed by atoms with Gasteiger partial charge in [0.15, 0.2) is 0 Å². The van der Waals surface area contributed by atoms with Crippen molar-refractivity contribution < 1.29 is 14.3 Å². The van der Waals surface area contributed by atoms with Gasteiger partial charge in [-0.15, -0.1) is 11.8 Å². The number of nitrogens with one attached hydrogen (secondary N) is 2. The van der Waals surface area contributed by atoms with Crippen LogP contribution in [0, 0.1) is 0 Å². The maximum Gasteiger partial charge on any atom is 0.315 e. The van der Waals surface area contributed by atoms with Crippen LogP contribution in [-0.4, -0.2) is 50.2 Å². The van der Waals surface area contributed by atoms with E-state index in [9.17, 15) is 9.59 Å². The zero-order valence-corrected chi connectivity index (χ0v) is 15.3. The summed E-state index contributed by atoms with van der Waals surface area (Å²) in [7, 11) is 3.10. The Morgan fingerprint density at radius 3 is 2.92 bits per heavy atom. The van der Waals surface area contributed by atoms with Crippen molar-refractivity contribution in [2.24, 2.45) is 7.05 Å². The number of anilines is 1. The lowest BCUT2D eigenvalue weighted by molar-refractivity contribution is -0.137. The van der Waals surface area contributed by atoms with Crippen LogP contribution in [0.15, 0.2) is 30.5 Å². The Morgan fingerprint density at radius 2 is 2.15 bits per heavy atom. The lowest BCUT2D eigenvalue weighted by Gasteiger charge is -2.07. The first kappa shape index (κ1) is 18.0. The SMILES string of the molecule is COC(=O)CSCCC(=O)Nc1c(-c2nc3ccccc3[nH]2)cnn1C. The van der Waals surface area contributed by atoms with Crippen LogP contribution in [0.3, 0.4) is 0 Å². The Morgan fingerprint density at radius 1 is 1.35 bits per heavy atom. The van der Waals surface area contributed by atoms with Gasteiger partial charge in [0.2, 0.25) is 5.91 Å². The molecule has 0 unspecified atom stereocenters. The second-order valence-electron chi connectivity index (χ2n) is 5.56. The molecular weight excluding hydrogens is 354 g/mol. The van der Waals surface area contributed by atoms with E-state index in [0.29, 0.717) is 17.4 Å². The Balaban J connectivity index is 1.68. The van der Waals surface area contributed by atoms with E-state index in [0.717, 1.165) is 16.6 Å². The van der Waals surface area contributed by atoms with Crippen LogP contribution in [0.1, 0.15) is 6.42 Å². The molecule has 136 valence electrons. The molecule has 0 aliphatic carbocycles. The molecule has 1 amide bonds. The molecule has 0 radical (unpaired) electrons. The lowest BCUT2D eigenvalue weighted by Crippen LogP contribution is -2.16. The van der Waals surface area contributed by atoms with Crippen LogP contribution in [0.25, 0.3) is 22.4 Å². The summed E-state index contributed by atoms with van der Waals surface area (Å²) in [6.45, 7) is 0. The summed E-state index contributed by atoms with van der Waals surface area (Å²) in [5.74, 6) is 1.54. The highest BCUT2D eigenvalue weighted by molar-refractivity contribution is 7.99. The minimum absolute atomic E-state index is 0.150.